The molecule has 0 radical (unpaired) electrons. The molecule has 1 aromatic carbocycles. The van der Waals surface area contributed by atoms with Gasteiger partial charge in [0.25, 0.3) is 11.6 Å². The van der Waals surface area contributed by atoms with E-state index in [4.69, 9.17) is 10.5 Å². The molecule has 0 atom stereocenters. The van der Waals surface area contributed by atoms with Crippen molar-refractivity contribution in [3.8, 4) is 11.6 Å². The molecular formula is C11H9FN4O3. The molecule has 7 nitrogen and oxygen atoms in total. The molecule has 0 saturated heterocycles. The molecule has 0 aliphatic heterocycles. The Hall–Kier alpha value is -2.77. The summed E-state index contributed by atoms with van der Waals surface area (Å²) in [5.74, 6) is -1.13. The SMILES string of the molecule is Cc1cc(Oc2nccnc2N)c(F)cc1[N+](=O)[O-]. The van der Waals surface area contributed by atoms with Crippen LogP contribution in [0.5, 0.6) is 11.6 Å². The van der Waals surface area contributed by atoms with Gasteiger partial charge in [-0.1, -0.05) is 0 Å². The minimum atomic E-state index is -0.873. The number of hydrogen-bond donors (Lipinski definition) is 1. The van der Waals surface area contributed by atoms with E-state index in [1.54, 1.807) is 0 Å². The van der Waals surface area contributed by atoms with Crippen molar-refractivity contribution < 1.29 is 14.1 Å². The van der Waals surface area contributed by atoms with E-state index in [0.29, 0.717) is 0 Å². The quantitative estimate of drug-likeness (QED) is 0.673. The first-order valence-electron chi connectivity index (χ1n) is 5.18. The summed E-state index contributed by atoms with van der Waals surface area (Å²) in [7, 11) is 0. The second-order valence-corrected chi connectivity index (χ2v) is 3.68. The maximum Gasteiger partial charge on any atom is 0.275 e. The van der Waals surface area contributed by atoms with Crippen LogP contribution in [-0.2, 0) is 0 Å². The van der Waals surface area contributed by atoms with Crippen molar-refractivity contribution >= 4 is 11.5 Å². The highest BCUT2D eigenvalue weighted by molar-refractivity contribution is 5.48. The van der Waals surface area contributed by atoms with Crippen molar-refractivity contribution in [2.45, 2.75) is 6.92 Å². The van der Waals surface area contributed by atoms with Gasteiger partial charge in [0.05, 0.1) is 11.0 Å². The van der Waals surface area contributed by atoms with Crippen molar-refractivity contribution in [1.82, 2.24) is 9.97 Å². The molecule has 2 aromatic rings. The van der Waals surface area contributed by atoms with E-state index in [2.05, 4.69) is 9.97 Å². The zero-order chi connectivity index (χ0) is 14.0. The third-order valence-electron chi connectivity index (χ3n) is 2.34. The molecule has 0 amide bonds. The average Bonchev–Trinajstić information content (AvgIpc) is 2.35. The fraction of sp³-hybridized carbons (Fsp3) is 0.0909. The number of aryl methyl sites for hydroxylation is 1. The Kier molecular flexibility index (Phi) is 3.23. The summed E-state index contributed by atoms with van der Waals surface area (Å²) in [5.41, 5.74) is 5.45. The molecular weight excluding hydrogens is 255 g/mol. The van der Waals surface area contributed by atoms with E-state index < -0.39 is 10.7 Å². The number of nitro groups is 1. The zero-order valence-electron chi connectivity index (χ0n) is 9.83. The molecule has 0 spiro atoms. The number of nitrogens with two attached hydrogens (primary N) is 1. The number of nitro benzene ring substituents is 1. The minimum absolute atomic E-state index is 0.00194. The molecule has 1 heterocycles. The van der Waals surface area contributed by atoms with Crippen molar-refractivity contribution in [2.75, 3.05) is 5.73 Å². The molecule has 0 fully saturated rings. The van der Waals surface area contributed by atoms with Gasteiger partial charge in [-0.05, 0) is 13.0 Å². The van der Waals surface area contributed by atoms with Crippen molar-refractivity contribution in [2.24, 2.45) is 0 Å². The number of nitrogens with zero attached hydrogens (tertiary/aromatic N) is 3. The van der Waals surface area contributed by atoms with Gasteiger partial charge in [-0.2, -0.15) is 0 Å². The lowest BCUT2D eigenvalue weighted by atomic mass is 10.2. The van der Waals surface area contributed by atoms with E-state index in [1.807, 2.05) is 0 Å². The van der Waals surface area contributed by atoms with Crippen LogP contribution in [0.4, 0.5) is 15.9 Å². The first-order valence-corrected chi connectivity index (χ1v) is 5.18. The second kappa shape index (κ2) is 4.84. The molecule has 98 valence electrons. The third-order valence-corrected chi connectivity index (χ3v) is 2.34. The van der Waals surface area contributed by atoms with E-state index in [9.17, 15) is 14.5 Å². The van der Waals surface area contributed by atoms with Crippen molar-refractivity contribution in [3.05, 3.63) is 46.0 Å². The summed E-state index contributed by atoms with van der Waals surface area (Å²) >= 11 is 0. The predicted molar refractivity (Wildman–Crippen MR) is 64.3 cm³/mol. The number of halogens is 1. The van der Waals surface area contributed by atoms with E-state index in [-0.39, 0.29) is 28.7 Å². The number of ether oxygens (including phenoxy) is 1. The van der Waals surface area contributed by atoms with Crippen LogP contribution in [0.1, 0.15) is 5.56 Å². The monoisotopic (exact) mass is 264 g/mol. The number of benzene rings is 1. The predicted octanol–water partition coefficient (Wildman–Crippen LogP) is 2.21. The number of hydrogen-bond acceptors (Lipinski definition) is 6. The smallest absolute Gasteiger partial charge is 0.275 e. The first kappa shape index (κ1) is 12.7. The molecule has 0 saturated carbocycles. The van der Waals surface area contributed by atoms with Crippen molar-refractivity contribution in [3.63, 3.8) is 0 Å². The van der Waals surface area contributed by atoms with Crippen LogP contribution in [0.15, 0.2) is 24.5 Å². The molecule has 2 N–H and O–H groups in total. The molecule has 1 aromatic heterocycles. The van der Waals surface area contributed by atoms with Gasteiger partial charge in [0.1, 0.15) is 0 Å². The molecule has 8 heteroatoms. The average molecular weight is 264 g/mol. The lowest BCUT2D eigenvalue weighted by Gasteiger charge is -2.08. The Labute approximate surface area is 107 Å². The normalized spacial score (nSPS) is 10.2. The topological polar surface area (TPSA) is 104 Å². The number of anilines is 1. The number of nitrogen functional groups attached to an aromatic ring is 1. The van der Waals surface area contributed by atoms with E-state index in [1.165, 1.54) is 25.4 Å². The highest BCUT2D eigenvalue weighted by atomic mass is 19.1. The standard InChI is InChI=1S/C11H9FN4O3/c1-6-4-9(7(12)5-8(6)16(17)18)19-11-10(13)14-2-3-15-11/h2-5H,1H3,(H2,13,14). The van der Waals surface area contributed by atoms with Crippen LogP contribution in [-0.4, -0.2) is 14.9 Å². The van der Waals surface area contributed by atoms with Crippen LogP contribution in [0, 0.1) is 22.9 Å². The molecule has 0 unspecified atom stereocenters. The maximum absolute atomic E-state index is 13.7. The lowest BCUT2D eigenvalue weighted by molar-refractivity contribution is -0.385. The van der Waals surface area contributed by atoms with Crippen molar-refractivity contribution in [1.29, 1.82) is 0 Å². The van der Waals surface area contributed by atoms with Gasteiger partial charge in [-0.25, -0.2) is 14.4 Å². The van der Waals surface area contributed by atoms with E-state index in [0.717, 1.165) is 6.07 Å². The Bertz CT molecular complexity index is 648. The number of rotatable bonds is 3. The van der Waals surface area contributed by atoms with Crippen LogP contribution in [0.2, 0.25) is 0 Å². The molecule has 2 rings (SSSR count). The minimum Gasteiger partial charge on any atom is -0.433 e. The van der Waals surface area contributed by atoms with Gasteiger partial charge in [0.2, 0.25) is 0 Å². The Morgan fingerprint density at radius 2 is 2.05 bits per heavy atom. The van der Waals surface area contributed by atoms with Gasteiger partial charge in [-0.3, -0.25) is 10.1 Å². The fourth-order valence-corrected chi connectivity index (χ4v) is 1.44. The van der Waals surface area contributed by atoms with Crippen LogP contribution >= 0.6 is 0 Å². The number of aromatic nitrogens is 2. The molecule has 19 heavy (non-hydrogen) atoms. The van der Waals surface area contributed by atoms with Gasteiger partial charge in [0, 0.05) is 18.0 Å². The van der Waals surface area contributed by atoms with Gasteiger partial charge < -0.3 is 10.5 Å². The molecule has 0 aliphatic rings. The summed E-state index contributed by atoms with van der Waals surface area (Å²) in [6.07, 6.45) is 2.70. The Morgan fingerprint density at radius 1 is 1.37 bits per heavy atom. The molecule has 0 bridgehead atoms. The Morgan fingerprint density at radius 3 is 2.68 bits per heavy atom. The van der Waals surface area contributed by atoms with Gasteiger partial charge in [0.15, 0.2) is 17.4 Å². The van der Waals surface area contributed by atoms with E-state index >= 15 is 0 Å². The first-order chi connectivity index (χ1) is 8.99. The molecule has 0 aliphatic carbocycles. The highest BCUT2D eigenvalue weighted by Crippen LogP contribution is 2.30. The zero-order valence-corrected chi connectivity index (χ0v) is 9.83. The summed E-state index contributed by atoms with van der Waals surface area (Å²) in [4.78, 5) is 17.5. The van der Waals surface area contributed by atoms with Gasteiger partial charge >= 0.3 is 0 Å². The largest absolute Gasteiger partial charge is 0.433 e. The summed E-state index contributed by atoms with van der Waals surface area (Å²) < 4.78 is 18.8. The second-order valence-electron chi connectivity index (χ2n) is 3.68. The lowest BCUT2D eigenvalue weighted by Crippen LogP contribution is -2.00. The Balaban J connectivity index is 2.39. The maximum atomic E-state index is 13.7. The van der Waals surface area contributed by atoms with Crippen LogP contribution in [0.25, 0.3) is 0 Å². The fourth-order valence-electron chi connectivity index (χ4n) is 1.44. The highest BCUT2D eigenvalue weighted by Gasteiger charge is 2.17. The summed E-state index contributed by atoms with van der Waals surface area (Å²) in [6.45, 7) is 1.48. The summed E-state index contributed by atoms with van der Waals surface area (Å²) in [5, 5.41) is 10.7. The van der Waals surface area contributed by atoms with Crippen LogP contribution < -0.4 is 10.5 Å². The summed E-state index contributed by atoms with van der Waals surface area (Å²) in [6, 6.07) is 2.00. The van der Waals surface area contributed by atoms with Crippen LogP contribution in [0.3, 0.4) is 0 Å². The van der Waals surface area contributed by atoms with Gasteiger partial charge in [-0.15, -0.1) is 0 Å². The third kappa shape index (κ3) is 2.57.